The molecule has 21 heavy (non-hydrogen) atoms. The van der Waals surface area contributed by atoms with E-state index in [2.05, 4.69) is 20.3 Å². The molecule has 1 saturated carbocycles. The van der Waals surface area contributed by atoms with Crippen LogP contribution in [-0.2, 0) is 11.3 Å². The summed E-state index contributed by atoms with van der Waals surface area (Å²) < 4.78 is 1.80. The van der Waals surface area contributed by atoms with Crippen LogP contribution in [0.1, 0.15) is 44.9 Å². The van der Waals surface area contributed by atoms with Gasteiger partial charge in [0.15, 0.2) is 0 Å². The van der Waals surface area contributed by atoms with Crippen LogP contribution in [0.3, 0.4) is 0 Å². The maximum absolute atomic E-state index is 12.7. The Balaban J connectivity index is 1.50. The van der Waals surface area contributed by atoms with Crippen LogP contribution in [0.25, 0.3) is 0 Å². The summed E-state index contributed by atoms with van der Waals surface area (Å²) in [6.45, 7) is 3.70. The van der Waals surface area contributed by atoms with Gasteiger partial charge in [-0.1, -0.05) is 12.8 Å². The summed E-state index contributed by atoms with van der Waals surface area (Å²) in [5.41, 5.74) is -0.205. The first-order valence-electron chi connectivity index (χ1n) is 8.17. The molecule has 0 unspecified atom stereocenters. The molecule has 2 heterocycles. The fourth-order valence-corrected chi connectivity index (χ4v) is 3.75. The van der Waals surface area contributed by atoms with Crippen LogP contribution in [-0.4, -0.2) is 50.7 Å². The molecule has 0 spiro atoms. The van der Waals surface area contributed by atoms with E-state index >= 15 is 0 Å². The number of nitrogens with zero attached hydrogens (tertiary/aromatic N) is 4. The van der Waals surface area contributed by atoms with Crippen molar-refractivity contribution in [2.75, 3.05) is 19.6 Å². The molecule has 0 atom stereocenters. The number of carbonyl (C=O) groups is 1. The highest BCUT2D eigenvalue weighted by molar-refractivity contribution is 5.86. The van der Waals surface area contributed by atoms with Crippen molar-refractivity contribution in [2.45, 2.75) is 57.0 Å². The van der Waals surface area contributed by atoms with Crippen LogP contribution in [0.15, 0.2) is 12.7 Å². The van der Waals surface area contributed by atoms with Gasteiger partial charge in [0.2, 0.25) is 5.91 Å². The monoisotopic (exact) mass is 291 g/mol. The predicted octanol–water partition coefficient (Wildman–Crippen LogP) is 1.19. The smallest absolute Gasteiger partial charge is 0.240 e. The van der Waals surface area contributed by atoms with Crippen molar-refractivity contribution in [1.29, 1.82) is 0 Å². The van der Waals surface area contributed by atoms with Crippen LogP contribution < -0.4 is 5.32 Å². The van der Waals surface area contributed by atoms with Crippen molar-refractivity contribution in [3.63, 3.8) is 0 Å². The van der Waals surface area contributed by atoms with Gasteiger partial charge in [0.25, 0.3) is 0 Å². The summed E-state index contributed by atoms with van der Waals surface area (Å²) in [4.78, 5) is 19.1. The van der Waals surface area contributed by atoms with E-state index in [-0.39, 0.29) is 11.4 Å². The van der Waals surface area contributed by atoms with Gasteiger partial charge in [0.05, 0.1) is 0 Å². The van der Waals surface area contributed by atoms with Crippen LogP contribution in [0.4, 0.5) is 0 Å². The van der Waals surface area contributed by atoms with Gasteiger partial charge in [-0.15, -0.1) is 0 Å². The van der Waals surface area contributed by atoms with Crippen molar-refractivity contribution < 1.29 is 4.79 Å². The fraction of sp³-hybridized carbons (Fsp3) is 0.800. The Kier molecular flexibility index (Phi) is 4.53. The zero-order valence-corrected chi connectivity index (χ0v) is 12.6. The van der Waals surface area contributed by atoms with E-state index < -0.39 is 0 Å². The van der Waals surface area contributed by atoms with Crippen molar-refractivity contribution in [3.8, 4) is 0 Å². The number of likely N-dealkylation sites (tertiary alicyclic amines) is 1. The van der Waals surface area contributed by atoms with E-state index in [1.807, 2.05) is 0 Å². The molecule has 1 N–H and O–H groups in total. The van der Waals surface area contributed by atoms with Gasteiger partial charge < -0.3 is 5.32 Å². The Hall–Kier alpha value is -1.43. The average molecular weight is 291 g/mol. The molecule has 1 aromatic heterocycles. The molecule has 1 amide bonds. The Bertz CT molecular complexity index is 447. The van der Waals surface area contributed by atoms with Crippen LogP contribution in [0.5, 0.6) is 0 Å². The molecule has 2 fully saturated rings. The topological polar surface area (TPSA) is 63.1 Å². The molecule has 1 saturated heterocycles. The lowest BCUT2D eigenvalue weighted by atomic mass is 9.94. The third-order valence-corrected chi connectivity index (χ3v) is 4.88. The van der Waals surface area contributed by atoms with Gasteiger partial charge in [-0.2, -0.15) is 5.10 Å². The normalized spacial score (nSPS) is 21.7. The SMILES string of the molecule is O=C(NCCCn1cncn1)C1(N2CCCC2)CCCC1. The van der Waals surface area contributed by atoms with E-state index in [1.165, 1.54) is 25.7 Å². The number of hydrogen-bond acceptors (Lipinski definition) is 4. The van der Waals surface area contributed by atoms with Crippen LogP contribution in [0, 0.1) is 0 Å². The minimum Gasteiger partial charge on any atom is -0.354 e. The summed E-state index contributed by atoms with van der Waals surface area (Å²) in [5, 5.41) is 7.23. The van der Waals surface area contributed by atoms with E-state index in [9.17, 15) is 4.79 Å². The second kappa shape index (κ2) is 6.56. The predicted molar refractivity (Wildman–Crippen MR) is 79.7 cm³/mol. The van der Waals surface area contributed by atoms with Crippen LogP contribution >= 0.6 is 0 Å². The zero-order valence-electron chi connectivity index (χ0n) is 12.6. The minimum absolute atomic E-state index is 0.205. The van der Waals surface area contributed by atoms with Gasteiger partial charge in [-0.3, -0.25) is 14.4 Å². The highest BCUT2D eigenvalue weighted by atomic mass is 16.2. The number of nitrogens with one attached hydrogen (secondary N) is 1. The lowest BCUT2D eigenvalue weighted by Gasteiger charge is -2.37. The minimum atomic E-state index is -0.205. The highest BCUT2D eigenvalue weighted by Gasteiger charge is 2.46. The quantitative estimate of drug-likeness (QED) is 0.800. The second-order valence-electron chi connectivity index (χ2n) is 6.20. The summed E-state index contributed by atoms with van der Waals surface area (Å²) in [5.74, 6) is 0.250. The third-order valence-electron chi connectivity index (χ3n) is 4.88. The molecule has 6 heteroatoms. The average Bonchev–Trinajstić information content (AvgIpc) is 3.25. The summed E-state index contributed by atoms with van der Waals surface area (Å²) >= 11 is 0. The lowest BCUT2D eigenvalue weighted by Crippen LogP contribution is -2.56. The molecule has 116 valence electrons. The molecule has 1 aliphatic carbocycles. The molecule has 1 aromatic rings. The zero-order chi connectivity index (χ0) is 14.5. The number of amides is 1. The van der Waals surface area contributed by atoms with E-state index in [1.54, 1.807) is 17.3 Å². The van der Waals surface area contributed by atoms with Crippen LogP contribution in [0.2, 0.25) is 0 Å². The molecule has 6 nitrogen and oxygen atoms in total. The lowest BCUT2D eigenvalue weighted by molar-refractivity contribution is -0.132. The Morgan fingerprint density at radius 2 is 1.95 bits per heavy atom. The van der Waals surface area contributed by atoms with Crippen molar-refractivity contribution in [1.82, 2.24) is 25.0 Å². The largest absolute Gasteiger partial charge is 0.354 e. The molecule has 0 bridgehead atoms. The van der Waals surface area contributed by atoms with Crippen molar-refractivity contribution in [2.24, 2.45) is 0 Å². The van der Waals surface area contributed by atoms with E-state index in [0.717, 1.165) is 38.9 Å². The molecule has 0 aromatic carbocycles. The number of rotatable bonds is 6. The number of carbonyl (C=O) groups excluding carboxylic acids is 1. The Labute approximate surface area is 125 Å². The van der Waals surface area contributed by atoms with Gasteiger partial charge >= 0.3 is 0 Å². The second-order valence-corrected chi connectivity index (χ2v) is 6.20. The first-order valence-corrected chi connectivity index (χ1v) is 8.17. The van der Waals surface area contributed by atoms with E-state index in [0.29, 0.717) is 6.54 Å². The summed E-state index contributed by atoms with van der Waals surface area (Å²) in [6.07, 6.45) is 11.0. The molecular weight excluding hydrogens is 266 g/mol. The van der Waals surface area contributed by atoms with Crippen molar-refractivity contribution in [3.05, 3.63) is 12.7 Å². The van der Waals surface area contributed by atoms with Gasteiger partial charge in [0, 0.05) is 13.1 Å². The fourth-order valence-electron chi connectivity index (χ4n) is 3.75. The summed E-state index contributed by atoms with van der Waals surface area (Å²) in [7, 11) is 0. The molecule has 1 aliphatic heterocycles. The first-order chi connectivity index (χ1) is 10.3. The van der Waals surface area contributed by atoms with Gasteiger partial charge in [-0.25, -0.2) is 4.98 Å². The van der Waals surface area contributed by atoms with Gasteiger partial charge in [-0.05, 0) is 45.2 Å². The number of aryl methyl sites for hydroxylation is 1. The maximum Gasteiger partial charge on any atom is 0.240 e. The maximum atomic E-state index is 12.7. The number of hydrogen-bond donors (Lipinski definition) is 1. The molecule has 2 aliphatic rings. The standard InChI is InChI=1S/C15H25N5O/c21-14(17-8-5-11-20-13-16-12-18-20)15(6-1-2-7-15)19-9-3-4-10-19/h12-13H,1-11H2,(H,17,21). The highest BCUT2D eigenvalue weighted by Crippen LogP contribution is 2.37. The molecular formula is C15H25N5O. The van der Waals surface area contributed by atoms with E-state index in [4.69, 9.17) is 0 Å². The first kappa shape index (κ1) is 14.5. The summed E-state index contributed by atoms with van der Waals surface area (Å²) in [6, 6.07) is 0. The molecule has 3 rings (SSSR count). The Morgan fingerprint density at radius 1 is 1.19 bits per heavy atom. The Morgan fingerprint density at radius 3 is 2.62 bits per heavy atom. The number of aromatic nitrogens is 3. The van der Waals surface area contributed by atoms with Crippen molar-refractivity contribution >= 4 is 5.91 Å². The molecule has 0 radical (unpaired) electrons. The van der Waals surface area contributed by atoms with Gasteiger partial charge in [0.1, 0.15) is 18.2 Å². The third kappa shape index (κ3) is 3.10.